The summed E-state index contributed by atoms with van der Waals surface area (Å²) in [6.45, 7) is 1.42. The molecule has 1 aromatic heterocycles. The van der Waals surface area contributed by atoms with Crippen molar-refractivity contribution in [3.05, 3.63) is 54.0 Å². The Morgan fingerprint density at radius 3 is 2.78 bits per heavy atom. The first-order chi connectivity index (χ1) is 13.1. The fourth-order valence-electron chi connectivity index (χ4n) is 3.28. The zero-order valence-electron chi connectivity index (χ0n) is 14.8. The Labute approximate surface area is 157 Å². The molecule has 2 N–H and O–H groups in total. The molecular weight excluding hydrogens is 344 g/mol. The highest BCUT2D eigenvalue weighted by atomic mass is 16.5. The molecule has 1 saturated heterocycles. The Kier molecular flexibility index (Phi) is 4.50. The molecule has 7 nitrogen and oxygen atoms in total. The van der Waals surface area contributed by atoms with Gasteiger partial charge in [0.05, 0.1) is 11.4 Å². The van der Waals surface area contributed by atoms with Gasteiger partial charge in [-0.2, -0.15) is 0 Å². The van der Waals surface area contributed by atoms with Crippen LogP contribution in [-0.4, -0.2) is 41.3 Å². The molecule has 2 aliphatic rings. The van der Waals surface area contributed by atoms with Gasteiger partial charge in [0.25, 0.3) is 5.91 Å². The number of ether oxygens (including phenoxy) is 1. The lowest BCUT2D eigenvalue weighted by Gasteiger charge is -2.31. The maximum Gasteiger partial charge on any atom is 0.294 e. The summed E-state index contributed by atoms with van der Waals surface area (Å²) in [6, 6.07) is 10.5. The third-order valence-corrected chi connectivity index (χ3v) is 4.67. The van der Waals surface area contributed by atoms with E-state index in [1.54, 1.807) is 47.5 Å². The number of amides is 2. The molecule has 2 amide bonds. The van der Waals surface area contributed by atoms with Gasteiger partial charge in [0.1, 0.15) is 6.54 Å². The van der Waals surface area contributed by atoms with Gasteiger partial charge < -0.3 is 15.4 Å². The summed E-state index contributed by atoms with van der Waals surface area (Å²) in [5.41, 5.74) is 7.50. The van der Waals surface area contributed by atoms with Gasteiger partial charge in [-0.3, -0.25) is 19.5 Å². The van der Waals surface area contributed by atoms with E-state index < -0.39 is 0 Å². The number of benzene rings is 1. The average molecular weight is 364 g/mol. The van der Waals surface area contributed by atoms with Crippen LogP contribution >= 0.6 is 0 Å². The third-order valence-electron chi connectivity index (χ3n) is 4.67. The van der Waals surface area contributed by atoms with Crippen LogP contribution in [0.3, 0.4) is 0 Å². The first-order valence-electron chi connectivity index (χ1n) is 8.91. The van der Waals surface area contributed by atoms with Crippen LogP contribution in [-0.2, 0) is 9.59 Å². The largest absolute Gasteiger partial charge is 0.449 e. The number of hydrogen-bond donors (Lipinski definition) is 1. The highest BCUT2D eigenvalue weighted by Gasteiger charge is 2.33. The minimum Gasteiger partial charge on any atom is -0.449 e. The Balaban J connectivity index is 1.69. The van der Waals surface area contributed by atoms with E-state index in [1.165, 1.54) is 4.90 Å². The lowest BCUT2D eigenvalue weighted by Crippen LogP contribution is -2.45. The van der Waals surface area contributed by atoms with Gasteiger partial charge in [-0.15, -0.1) is 0 Å². The normalized spacial score (nSPS) is 17.8. The van der Waals surface area contributed by atoms with Crippen LogP contribution in [0.15, 0.2) is 48.4 Å². The summed E-state index contributed by atoms with van der Waals surface area (Å²) < 4.78 is 5.79. The Bertz CT molecular complexity index is 905. The smallest absolute Gasteiger partial charge is 0.294 e. The molecule has 0 spiro atoms. The van der Waals surface area contributed by atoms with Gasteiger partial charge in [0.15, 0.2) is 11.5 Å². The second-order valence-electron chi connectivity index (χ2n) is 6.57. The number of carbonyl (C=O) groups excluding carboxylic acids is 2. The van der Waals surface area contributed by atoms with Crippen LogP contribution in [0.25, 0.3) is 6.08 Å². The van der Waals surface area contributed by atoms with E-state index in [4.69, 9.17) is 10.5 Å². The number of rotatable bonds is 3. The molecule has 4 rings (SSSR count). The molecule has 2 aromatic rings. The van der Waals surface area contributed by atoms with Crippen molar-refractivity contribution in [3.63, 3.8) is 0 Å². The SMILES string of the molecule is Nc1ccc2c(c1)N(CC(=O)N1CCCC1)C(=O)/C(=C\c1ccccn1)O2. The maximum atomic E-state index is 13.0. The Morgan fingerprint density at radius 1 is 1.22 bits per heavy atom. The first kappa shape index (κ1) is 17.1. The summed E-state index contributed by atoms with van der Waals surface area (Å²) in [5.74, 6) is 0.153. The Hall–Kier alpha value is -3.35. The van der Waals surface area contributed by atoms with E-state index in [2.05, 4.69) is 4.98 Å². The van der Waals surface area contributed by atoms with Crippen LogP contribution in [0.4, 0.5) is 11.4 Å². The van der Waals surface area contributed by atoms with E-state index in [0.717, 1.165) is 25.9 Å². The number of anilines is 2. The lowest BCUT2D eigenvalue weighted by atomic mass is 10.1. The number of aromatic nitrogens is 1. The number of pyridine rings is 1. The topological polar surface area (TPSA) is 88.8 Å². The molecule has 3 heterocycles. The van der Waals surface area contributed by atoms with E-state index >= 15 is 0 Å². The molecule has 0 unspecified atom stereocenters. The lowest BCUT2D eigenvalue weighted by molar-refractivity contribution is -0.130. The third kappa shape index (κ3) is 3.48. The van der Waals surface area contributed by atoms with Crippen molar-refractivity contribution < 1.29 is 14.3 Å². The summed E-state index contributed by atoms with van der Waals surface area (Å²) in [6.07, 6.45) is 5.21. The molecule has 1 fully saturated rings. The number of nitrogens with zero attached hydrogens (tertiary/aromatic N) is 3. The van der Waals surface area contributed by atoms with E-state index in [0.29, 0.717) is 22.8 Å². The zero-order valence-corrected chi connectivity index (χ0v) is 14.8. The molecule has 0 bridgehead atoms. The van der Waals surface area contributed by atoms with Gasteiger partial charge in [-0.25, -0.2) is 0 Å². The average Bonchev–Trinajstić information content (AvgIpc) is 3.21. The summed E-state index contributed by atoms with van der Waals surface area (Å²) in [4.78, 5) is 33.1. The second-order valence-corrected chi connectivity index (χ2v) is 6.57. The van der Waals surface area contributed by atoms with E-state index in [9.17, 15) is 9.59 Å². The standard InChI is InChI=1S/C20H20N4O3/c21-14-6-7-17-16(11-14)24(13-19(25)23-9-3-4-10-23)20(26)18(27-17)12-15-5-1-2-8-22-15/h1-2,5-8,11-12H,3-4,9-10,13,21H2/b18-12+. The fraction of sp³-hybridized carbons (Fsp3) is 0.250. The van der Waals surface area contributed by atoms with Crippen molar-refractivity contribution >= 4 is 29.3 Å². The minimum atomic E-state index is -0.383. The Morgan fingerprint density at radius 2 is 2.04 bits per heavy atom. The molecule has 0 radical (unpaired) electrons. The van der Waals surface area contributed by atoms with Crippen LogP contribution in [0.2, 0.25) is 0 Å². The van der Waals surface area contributed by atoms with Gasteiger partial charge >= 0.3 is 0 Å². The van der Waals surface area contributed by atoms with E-state index in [-0.39, 0.29) is 24.1 Å². The van der Waals surface area contributed by atoms with Gasteiger partial charge in [0, 0.05) is 31.0 Å². The second kappa shape index (κ2) is 7.11. The monoisotopic (exact) mass is 364 g/mol. The summed E-state index contributed by atoms with van der Waals surface area (Å²) in [5, 5.41) is 0. The number of hydrogen-bond acceptors (Lipinski definition) is 5. The van der Waals surface area contributed by atoms with Crippen molar-refractivity contribution in [2.24, 2.45) is 0 Å². The molecule has 7 heteroatoms. The van der Waals surface area contributed by atoms with Crippen LogP contribution in [0.5, 0.6) is 5.75 Å². The van der Waals surface area contributed by atoms with Crippen LogP contribution < -0.4 is 15.4 Å². The predicted molar refractivity (Wildman–Crippen MR) is 102 cm³/mol. The fourth-order valence-corrected chi connectivity index (χ4v) is 3.28. The maximum absolute atomic E-state index is 13.0. The molecule has 0 atom stereocenters. The number of likely N-dealkylation sites (tertiary alicyclic amines) is 1. The van der Waals surface area contributed by atoms with E-state index in [1.807, 2.05) is 6.07 Å². The van der Waals surface area contributed by atoms with Crippen molar-refractivity contribution in [2.45, 2.75) is 12.8 Å². The number of fused-ring (bicyclic) bond motifs is 1. The van der Waals surface area contributed by atoms with Crippen molar-refractivity contribution in [2.75, 3.05) is 30.3 Å². The molecule has 1 aromatic carbocycles. The quantitative estimate of drug-likeness (QED) is 0.665. The predicted octanol–water partition coefficient (Wildman–Crippen LogP) is 2.05. The molecule has 138 valence electrons. The zero-order chi connectivity index (χ0) is 18.8. The molecular formula is C20H20N4O3. The molecule has 2 aliphatic heterocycles. The van der Waals surface area contributed by atoms with Gasteiger partial charge in [0.2, 0.25) is 5.91 Å². The van der Waals surface area contributed by atoms with Crippen molar-refractivity contribution in [1.82, 2.24) is 9.88 Å². The van der Waals surface area contributed by atoms with Crippen molar-refractivity contribution in [3.8, 4) is 5.75 Å². The first-order valence-corrected chi connectivity index (χ1v) is 8.91. The highest BCUT2D eigenvalue weighted by Crippen LogP contribution is 2.37. The van der Waals surface area contributed by atoms with Crippen molar-refractivity contribution in [1.29, 1.82) is 0 Å². The number of nitrogens with two attached hydrogens (primary N) is 1. The van der Waals surface area contributed by atoms with Gasteiger partial charge in [-0.05, 0) is 43.2 Å². The minimum absolute atomic E-state index is 0.0434. The molecule has 0 aliphatic carbocycles. The van der Waals surface area contributed by atoms with Crippen LogP contribution in [0, 0.1) is 0 Å². The molecule has 27 heavy (non-hydrogen) atoms. The number of carbonyl (C=O) groups is 2. The van der Waals surface area contributed by atoms with Crippen LogP contribution in [0.1, 0.15) is 18.5 Å². The molecule has 0 saturated carbocycles. The van der Waals surface area contributed by atoms with Gasteiger partial charge in [-0.1, -0.05) is 6.07 Å². The number of nitrogen functional groups attached to an aromatic ring is 1. The summed E-state index contributed by atoms with van der Waals surface area (Å²) in [7, 11) is 0. The highest BCUT2D eigenvalue weighted by molar-refractivity contribution is 6.12. The summed E-state index contributed by atoms with van der Waals surface area (Å²) >= 11 is 0.